The third-order valence-corrected chi connectivity index (χ3v) is 34.1. The first-order valence-electron chi connectivity index (χ1n) is 38.2. The van der Waals surface area contributed by atoms with Gasteiger partial charge in [0, 0.05) is 44.6 Å². The zero-order valence-electron chi connectivity index (χ0n) is 68.5. The first-order valence-corrected chi connectivity index (χ1v) is 45.9. The van der Waals surface area contributed by atoms with Crippen molar-refractivity contribution in [3.8, 4) is 0 Å². The summed E-state index contributed by atoms with van der Waals surface area (Å²) in [5.74, 6) is -0.501. The molecule has 121 heavy (non-hydrogen) atoms. The average Bonchev–Trinajstić information content (AvgIpc) is 1.28. The number of nitrogens with two attached hydrogens (primary N) is 6. The number of fused-ring (bicyclic) bond motifs is 4. The zero-order chi connectivity index (χ0) is 86.7. The van der Waals surface area contributed by atoms with E-state index in [9.17, 15) is 18.9 Å². The Morgan fingerprint density at radius 3 is 1.10 bits per heavy atom. The molecule has 0 bridgehead atoms. The first kappa shape index (κ1) is 89.0. The van der Waals surface area contributed by atoms with E-state index in [-0.39, 0.29) is 141 Å². The standard InChI is InChI=1S/C64H101N34O18P5/c1-38(2)117(102,84(3)4)107-26-40-17-90(22-47(113-40)95-34-77-51-55(67)71-31-74-58(51)95)119(104,86(7)8)109-28-41-18-91(23-48(114-41)96-35-78-52-56(68)72-32-75-59(52)96)120(105,87(9)10)110-29-42-19-92(24-49(115-42)97-36-79-53-57(69)73-33-76-60(53)97)121(106,88(11)12)111-30-43-20-93(25-50(116-43)98-37-80-54-61(98)82-63(70)83-62(54)100)118(103,85(5)6)108-27-39-16-89(45(99)15-65)21-46(112-39)94-14-13-44(66)81-64(94)101/h13-14,31-43,46-50H,15-30,65H2,1-12H3,(H2,66,81,101)(H2,67,71,74)(H2,68,72,75)(H2,69,73,76)(H3,70,82,83,100). The molecule has 660 valence electrons. The summed E-state index contributed by atoms with van der Waals surface area (Å²) >= 11 is 0. The molecule has 0 saturated carbocycles. The molecule has 0 radical (unpaired) electrons. The fraction of sp³-hybridized carbons (Fsp3) is 0.609. The number of nitrogens with zero attached hydrogens (tertiary/aromatic N) is 27. The van der Waals surface area contributed by atoms with Crippen molar-refractivity contribution < 1.29 is 73.9 Å². The fourth-order valence-electron chi connectivity index (χ4n) is 14.9. The lowest BCUT2D eigenvalue weighted by Crippen LogP contribution is -2.53. The molecule has 57 heteroatoms. The molecule has 14 rings (SSSR count). The van der Waals surface area contributed by atoms with Gasteiger partial charge in [-0.15, -0.1) is 0 Å². The average molecular weight is 1790 g/mol. The number of aromatic nitrogens is 18. The number of hydrogen-bond acceptors (Lipinski definition) is 36. The fourth-order valence-corrected chi connectivity index (χ4v) is 24.7. The topological polar surface area (TPSA) is 612 Å². The van der Waals surface area contributed by atoms with E-state index in [1.807, 2.05) is 0 Å². The molecule has 5 fully saturated rings. The summed E-state index contributed by atoms with van der Waals surface area (Å²) in [5.41, 5.74) is 36.4. The van der Waals surface area contributed by atoms with Gasteiger partial charge in [-0.2, -0.15) is 9.97 Å². The molecular weight excluding hydrogens is 1690 g/mol. The molecule has 9 aromatic heterocycles. The van der Waals surface area contributed by atoms with E-state index >= 15 is 18.3 Å². The van der Waals surface area contributed by atoms with Crippen LogP contribution in [0.3, 0.4) is 0 Å². The van der Waals surface area contributed by atoms with E-state index < -0.39 is 149 Å². The number of nitrogens with one attached hydrogen (secondary N) is 1. The number of rotatable bonds is 31. The maximum absolute atomic E-state index is 16.6. The molecule has 15 atom stereocenters. The number of nitrogen functional groups attached to an aromatic ring is 5. The lowest BCUT2D eigenvalue weighted by Gasteiger charge is -2.46. The van der Waals surface area contributed by atoms with Crippen molar-refractivity contribution in [1.29, 1.82) is 0 Å². The first-order chi connectivity index (χ1) is 57.4. The molecule has 9 aromatic rings. The molecule has 5 aliphatic heterocycles. The molecular formula is C64H101N34O18P5. The van der Waals surface area contributed by atoms with Crippen LogP contribution >= 0.6 is 38.2 Å². The number of hydrogen-bond donors (Lipinski definition) is 7. The van der Waals surface area contributed by atoms with Crippen molar-refractivity contribution in [1.82, 2.24) is 135 Å². The number of H-pyrrole nitrogens is 1. The van der Waals surface area contributed by atoms with Crippen molar-refractivity contribution >= 4 is 118 Å². The lowest BCUT2D eigenvalue weighted by molar-refractivity contribution is -0.158. The maximum Gasteiger partial charge on any atom is 0.351 e. The Bertz CT molecular complexity index is 5630. The van der Waals surface area contributed by atoms with Gasteiger partial charge in [-0.05, 0) is 76.5 Å². The lowest BCUT2D eigenvalue weighted by atomic mass is 10.2. The third-order valence-electron chi connectivity index (χ3n) is 21.0. The van der Waals surface area contributed by atoms with Gasteiger partial charge < -0.3 is 85.6 Å². The maximum atomic E-state index is 16.6. The van der Waals surface area contributed by atoms with Crippen molar-refractivity contribution in [3.05, 3.63) is 77.4 Å². The molecule has 1 amide bonds. The molecule has 0 aromatic carbocycles. The van der Waals surface area contributed by atoms with E-state index in [2.05, 4.69) is 64.8 Å². The molecule has 0 aliphatic carbocycles. The van der Waals surface area contributed by atoms with Crippen molar-refractivity contribution in [3.63, 3.8) is 0 Å². The van der Waals surface area contributed by atoms with Gasteiger partial charge in [-0.3, -0.25) is 60.2 Å². The molecule has 14 heterocycles. The molecule has 5 aliphatic rings. The number of carbonyl (C=O) groups is 1. The highest BCUT2D eigenvalue weighted by molar-refractivity contribution is 7.57. The summed E-state index contributed by atoms with van der Waals surface area (Å²) < 4.78 is 167. The number of amides is 1. The van der Waals surface area contributed by atoms with E-state index in [0.717, 1.165) is 4.57 Å². The highest BCUT2D eigenvalue weighted by Crippen LogP contribution is 2.61. The summed E-state index contributed by atoms with van der Waals surface area (Å²) in [6, 6.07) is 1.40. The van der Waals surface area contributed by atoms with Crippen LogP contribution in [-0.2, 0) is 73.9 Å². The van der Waals surface area contributed by atoms with E-state index in [4.69, 9.17) is 80.7 Å². The predicted octanol–water partition coefficient (Wildman–Crippen LogP) is 0.214. The van der Waals surface area contributed by atoms with Gasteiger partial charge in [0.2, 0.25) is 11.9 Å². The Balaban J connectivity index is 0.751. The Hall–Kier alpha value is -8.30. The second-order valence-corrected chi connectivity index (χ2v) is 44.1. The van der Waals surface area contributed by atoms with Crippen LogP contribution in [0.5, 0.6) is 0 Å². The van der Waals surface area contributed by atoms with Gasteiger partial charge in [0.15, 0.2) is 51.8 Å². The Labute approximate surface area is 692 Å². The molecule has 0 spiro atoms. The summed E-state index contributed by atoms with van der Waals surface area (Å²) in [5, 5.41) is 0. The van der Waals surface area contributed by atoms with Gasteiger partial charge in [-0.25, -0.2) is 96.7 Å². The summed E-state index contributed by atoms with van der Waals surface area (Å²) in [6.07, 6.45) is 0.127. The molecule has 13 N–H and O–H groups in total. The van der Waals surface area contributed by atoms with Crippen LogP contribution in [0.15, 0.2) is 66.1 Å². The number of aromatic amines is 1. The minimum atomic E-state index is -4.42. The van der Waals surface area contributed by atoms with Crippen molar-refractivity contribution in [2.24, 2.45) is 5.73 Å². The van der Waals surface area contributed by atoms with Gasteiger partial charge in [0.05, 0.1) is 122 Å². The van der Waals surface area contributed by atoms with Gasteiger partial charge in [0.25, 0.3) is 13.1 Å². The SMILES string of the molecule is CC(C)P(=O)(OCC1CN(P(=O)(OCC2CN(P(=O)(OCC3CN(P(=O)(OCC4CN(P(=O)(OCC5CN(C(=O)CN)CC(n6ccc(N)nc6=O)O5)N(C)C)CC(n5cnc6c(=O)[nH]c(N)nc65)O4)N(C)C)CC(n4cnc5c(N)ncnc54)O3)N(C)C)CC(n3cnc4c(N)ncnc43)O2)N(C)C)CC(n2cnc3c(N)ncnc32)O1)N(C)C. The number of imidazole rings is 4. The van der Waals surface area contributed by atoms with Gasteiger partial charge in [0.1, 0.15) is 72.4 Å². The largest absolute Gasteiger partial charge is 0.383 e. The molecule has 15 unspecified atom stereocenters. The van der Waals surface area contributed by atoms with E-state index in [0.29, 0.717) is 11.2 Å². The van der Waals surface area contributed by atoms with Crippen LogP contribution in [-0.4, -0.2) is 352 Å². The van der Waals surface area contributed by atoms with Crippen LogP contribution in [0, 0.1) is 0 Å². The van der Waals surface area contributed by atoms with Crippen LogP contribution in [0.25, 0.3) is 44.7 Å². The van der Waals surface area contributed by atoms with Crippen molar-refractivity contribution in [2.45, 2.75) is 81.2 Å². The highest BCUT2D eigenvalue weighted by atomic mass is 31.2. The minimum absolute atomic E-state index is 0.000693. The monoisotopic (exact) mass is 1790 g/mol. The van der Waals surface area contributed by atoms with Crippen LogP contribution in [0.1, 0.15) is 45.0 Å². The highest BCUT2D eigenvalue weighted by Gasteiger charge is 2.51. The molecule has 5 saturated heterocycles. The third kappa shape index (κ3) is 17.8. The minimum Gasteiger partial charge on any atom is -0.383 e. The van der Waals surface area contributed by atoms with Gasteiger partial charge in [-0.1, -0.05) is 13.8 Å². The Morgan fingerprint density at radius 2 is 0.769 bits per heavy atom. The number of anilines is 5. The summed E-state index contributed by atoms with van der Waals surface area (Å²) in [7, 11) is -4.96. The predicted molar refractivity (Wildman–Crippen MR) is 438 cm³/mol. The second-order valence-electron chi connectivity index (χ2n) is 30.5. The van der Waals surface area contributed by atoms with E-state index in [1.54, 1.807) is 103 Å². The van der Waals surface area contributed by atoms with E-state index in [1.165, 1.54) is 103 Å². The second kappa shape index (κ2) is 35.7. The van der Waals surface area contributed by atoms with Crippen LogP contribution < -0.4 is 45.7 Å². The summed E-state index contributed by atoms with van der Waals surface area (Å²) in [6.45, 7) is -0.356. The summed E-state index contributed by atoms with van der Waals surface area (Å²) in [4.78, 5) is 95.6. The van der Waals surface area contributed by atoms with Crippen LogP contribution in [0.2, 0.25) is 0 Å². The van der Waals surface area contributed by atoms with Crippen LogP contribution in [0.4, 0.5) is 29.2 Å². The Morgan fingerprint density at radius 1 is 0.438 bits per heavy atom. The number of ether oxygens (including phenoxy) is 5. The molecule has 52 nitrogen and oxygen atoms in total. The number of carbonyl (C=O) groups excluding carboxylic acids is 1. The van der Waals surface area contributed by atoms with Crippen molar-refractivity contribution in [2.75, 3.05) is 204 Å². The number of morpholine rings is 5. The zero-order valence-corrected chi connectivity index (χ0v) is 73.0. The smallest absolute Gasteiger partial charge is 0.351 e. The van der Waals surface area contributed by atoms with Gasteiger partial charge >= 0.3 is 36.4 Å². The normalized spacial score (nSPS) is 25.5. The Kier molecular flexibility index (Phi) is 26.3. The quantitative estimate of drug-likeness (QED) is 0.0286.